The van der Waals surface area contributed by atoms with Crippen molar-refractivity contribution in [2.45, 2.75) is 33.6 Å². The number of rotatable bonds is 5. The fraction of sp³-hybridized carbons (Fsp3) is 0.286. The quantitative estimate of drug-likeness (QED) is 0.680. The Balaban J connectivity index is 1.88. The van der Waals surface area contributed by atoms with Crippen LogP contribution in [0.1, 0.15) is 32.8 Å². The summed E-state index contributed by atoms with van der Waals surface area (Å²) in [7, 11) is 0. The predicted octanol–water partition coefficient (Wildman–Crippen LogP) is 4.12. The lowest BCUT2D eigenvalue weighted by molar-refractivity contribution is -0.126. The van der Waals surface area contributed by atoms with Crippen LogP contribution in [0.15, 0.2) is 54.6 Å². The van der Waals surface area contributed by atoms with Gasteiger partial charge in [-0.15, -0.1) is 0 Å². The van der Waals surface area contributed by atoms with Crippen LogP contribution in [-0.4, -0.2) is 16.9 Å². The molecule has 2 aromatic rings. The van der Waals surface area contributed by atoms with Gasteiger partial charge in [0.05, 0.1) is 0 Å². The molecule has 0 radical (unpaired) electrons. The highest BCUT2D eigenvalue weighted by atomic mass is 32.1. The Hall–Kier alpha value is -2.73. The summed E-state index contributed by atoms with van der Waals surface area (Å²) < 4.78 is 0. The minimum Gasteiger partial charge on any atom is -0.332 e. The SMILES string of the molecule is CC(C)(C)C(=O)NC(=S)Nc1cccc(NC(=O)CCc2ccccc2)c1. The maximum atomic E-state index is 12.2. The monoisotopic (exact) mass is 383 g/mol. The second-order valence-electron chi connectivity index (χ2n) is 7.27. The first kappa shape index (κ1) is 20.6. The van der Waals surface area contributed by atoms with Crippen molar-refractivity contribution in [1.82, 2.24) is 5.32 Å². The molecule has 6 heteroatoms. The van der Waals surface area contributed by atoms with E-state index in [0.717, 1.165) is 5.56 Å². The fourth-order valence-electron chi connectivity index (χ4n) is 2.25. The second-order valence-corrected chi connectivity index (χ2v) is 7.68. The van der Waals surface area contributed by atoms with Crippen molar-refractivity contribution < 1.29 is 9.59 Å². The number of hydrogen-bond donors (Lipinski definition) is 3. The van der Waals surface area contributed by atoms with E-state index in [1.54, 1.807) is 6.07 Å². The van der Waals surface area contributed by atoms with Gasteiger partial charge in [-0.25, -0.2) is 0 Å². The van der Waals surface area contributed by atoms with E-state index in [-0.39, 0.29) is 16.9 Å². The van der Waals surface area contributed by atoms with Crippen molar-refractivity contribution in [2.75, 3.05) is 10.6 Å². The van der Waals surface area contributed by atoms with E-state index in [1.165, 1.54) is 0 Å². The summed E-state index contributed by atoms with van der Waals surface area (Å²) in [5.41, 5.74) is 1.96. The van der Waals surface area contributed by atoms with Crippen LogP contribution in [0.5, 0.6) is 0 Å². The van der Waals surface area contributed by atoms with E-state index in [4.69, 9.17) is 12.2 Å². The van der Waals surface area contributed by atoms with Crippen LogP contribution in [0, 0.1) is 5.41 Å². The summed E-state index contributed by atoms with van der Waals surface area (Å²) in [5, 5.41) is 8.73. The zero-order valence-corrected chi connectivity index (χ0v) is 16.7. The van der Waals surface area contributed by atoms with Gasteiger partial charge in [0.25, 0.3) is 0 Å². The molecule has 2 aromatic carbocycles. The zero-order valence-electron chi connectivity index (χ0n) is 15.8. The Kier molecular flexibility index (Phi) is 7.07. The predicted molar refractivity (Wildman–Crippen MR) is 114 cm³/mol. The molecule has 0 aliphatic heterocycles. The van der Waals surface area contributed by atoms with Gasteiger partial charge < -0.3 is 16.0 Å². The Morgan fingerprint density at radius 1 is 0.926 bits per heavy atom. The molecule has 0 aromatic heterocycles. The molecule has 27 heavy (non-hydrogen) atoms. The number of thiocarbonyl (C=S) groups is 1. The van der Waals surface area contributed by atoms with E-state index in [1.807, 2.05) is 69.3 Å². The number of aryl methyl sites for hydroxylation is 1. The molecule has 0 bridgehead atoms. The van der Waals surface area contributed by atoms with Crippen LogP contribution < -0.4 is 16.0 Å². The number of nitrogens with one attached hydrogen (secondary N) is 3. The molecule has 0 unspecified atom stereocenters. The van der Waals surface area contributed by atoms with Gasteiger partial charge in [0.2, 0.25) is 11.8 Å². The molecule has 2 amide bonds. The normalized spacial score (nSPS) is 10.8. The number of benzene rings is 2. The molecule has 0 saturated heterocycles. The molecule has 0 aliphatic carbocycles. The van der Waals surface area contributed by atoms with Gasteiger partial charge in [0.1, 0.15) is 0 Å². The summed E-state index contributed by atoms with van der Waals surface area (Å²) in [6.07, 6.45) is 1.09. The second kappa shape index (κ2) is 9.28. The first-order chi connectivity index (χ1) is 12.7. The molecule has 0 saturated carbocycles. The number of hydrogen-bond acceptors (Lipinski definition) is 3. The highest BCUT2D eigenvalue weighted by molar-refractivity contribution is 7.80. The van der Waals surface area contributed by atoms with Gasteiger partial charge in [0, 0.05) is 23.2 Å². The van der Waals surface area contributed by atoms with Gasteiger partial charge in [-0.3, -0.25) is 9.59 Å². The summed E-state index contributed by atoms with van der Waals surface area (Å²) >= 11 is 5.18. The fourth-order valence-corrected chi connectivity index (χ4v) is 2.46. The van der Waals surface area contributed by atoms with Crippen LogP contribution in [0.2, 0.25) is 0 Å². The third-order valence-electron chi connectivity index (χ3n) is 3.80. The lowest BCUT2D eigenvalue weighted by Gasteiger charge is -2.18. The maximum Gasteiger partial charge on any atom is 0.231 e. The summed E-state index contributed by atoms with van der Waals surface area (Å²) in [6.45, 7) is 5.45. The summed E-state index contributed by atoms with van der Waals surface area (Å²) in [6, 6.07) is 17.1. The molecule has 2 rings (SSSR count). The van der Waals surface area contributed by atoms with Gasteiger partial charge in [0.15, 0.2) is 5.11 Å². The number of carbonyl (C=O) groups excluding carboxylic acids is 2. The number of carbonyl (C=O) groups is 2. The van der Waals surface area contributed by atoms with E-state index in [9.17, 15) is 9.59 Å². The van der Waals surface area contributed by atoms with Crippen molar-refractivity contribution >= 4 is 40.5 Å². The first-order valence-electron chi connectivity index (χ1n) is 8.80. The smallest absolute Gasteiger partial charge is 0.231 e. The van der Waals surface area contributed by atoms with Crippen LogP contribution >= 0.6 is 12.2 Å². The third-order valence-corrected chi connectivity index (χ3v) is 4.00. The van der Waals surface area contributed by atoms with Crippen LogP contribution in [-0.2, 0) is 16.0 Å². The average molecular weight is 384 g/mol. The van der Waals surface area contributed by atoms with Crippen LogP contribution in [0.25, 0.3) is 0 Å². The highest BCUT2D eigenvalue weighted by Gasteiger charge is 2.21. The van der Waals surface area contributed by atoms with E-state index >= 15 is 0 Å². The largest absolute Gasteiger partial charge is 0.332 e. The van der Waals surface area contributed by atoms with Gasteiger partial charge >= 0.3 is 0 Å². The minimum absolute atomic E-state index is 0.0559. The van der Waals surface area contributed by atoms with E-state index < -0.39 is 5.41 Å². The van der Waals surface area contributed by atoms with Crippen molar-refractivity contribution in [2.24, 2.45) is 5.41 Å². The zero-order chi connectivity index (χ0) is 19.9. The third kappa shape index (κ3) is 7.19. The van der Waals surface area contributed by atoms with E-state index in [0.29, 0.717) is 24.2 Å². The molecule has 0 spiro atoms. The minimum atomic E-state index is -0.527. The Bertz CT molecular complexity index is 814. The lowest BCUT2D eigenvalue weighted by atomic mass is 9.96. The standard InChI is InChI=1S/C21H25N3O2S/c1-21(2,3)19(26)24-20(27)23-17-11-7-10-16(14-17)22-18(25)13-12-15-8-5-4-6-9-15/h4-11,14H,12-13H2,1-3H3,(H,22,25)(H2,23,24,26,27). The molecule has 142 valence electrons. The Morgan fingerprint density at radius 2 is 1.56 bits per heavy atom. The van der Waals surface area contributed by atoms with Gasteiger partial charge in [-0.05, 0) is 42.4 Å². The molecule has 0 fully saturated rings. The van der Waals surface area contributed by atoms with E-state index in [2.05, 4.69) is 16.0 Å². The Morgan fingerprint density at radius 3 is 2.19 bits per heavy atom. The number of anilines is 2. The first-order valence-corrected chi connectivity index (χ1v) is 9.21. The van der Waals surface area contributed by atoms with Crippen molar-refractivity contribution in [1.29, 1.82) is 0 Å². The maximum absolute atomic E-state index is 12.2. The van der Waals surface area contributed by atoms with Crippen LogP contribution in [0.4, 0.5) is 11.4 Å². The van der Waals surface area contributed by atoms with Crippen LogP contribution in [0.3, 0.4) is 0 Å². The number of amides is 2. The van der Waals surface area contributed by atoms with Gasteiger partial charge in [-0.1, -0.05) is 57.2 Å². The molecule has 5 nitrogen and oxygen atoms in total. The lowest BCUT2D eigenvalue weighted by Crippen LogP contribution is -2.41. The summed E-state index contributed by atoms with van der Waals surface area (Å²) in [5.74, 6) is -0.218. The highest BCUT2D eigenvalue weighted by Crippen LogP contribution is 2.16. The van der Waals surface area contributed by atoms with Crippen molar-refractivity contribution in [3.63, 3.8) is 0 Å². The molecule has 3 N–H and O–H groups in total. The van der Waals surface area contributed by atoms with Crippen molar-refractivity contribution in [3.8, 4) is 0 Å². The topological polar surface area (TPSA) is 70.2 Å². The Labute approximate surface area is 165 Å². The molecule has 0 heterocycles. The molecular weight excluding hydrogens is 358 g/mol. The van der Waals surface area contributed by atoms with Gasteiger partial charge in [-0.2, -0.15) is 0 Å². The van der Waals surface area contributed by atoms with Crippen molar-refractivity contribution in [3.05, 3.63) is 60.2 Å². The summed E-state index contributed by atoms with van der Waals surface area (Å²) in [4.78, 5) is 24.1. The average Bonchev–Trinajstić information content (AvgIpc) is 2.60. The molecular formula is C21H25N3O2S. The molecule has 0 aliphatic rings. The molecule has 0 atom stereocenters.